The van der Waals surface area contributed by atoms with E-state index in [1.54, 1.807) is 10.9 Å². The van der Waals surface area contributed by atoms with Crippen LogP contribution in [0.1, 0.15) is 51.5 Å². The van der Waals surface area contributed by atoms with E-state index in [2.05, 4.69) is 10.1 Å². The van der Waals surface area contributed by atoms with E-state index in [0.29, 0.717) is 13.0 Å². The summed E-state index contributed by atoms with van der Waals surface area (Å²) >= 11 is 0. The molecule has 0 amide bonds. The van der Waals surface area contributed by atoms with Gasteiger partial charge in [0.15, 0.2) is 12.0 Å². The van der Waals surface area contributed by atoms with E-state index < -0.39 is 17.5 Å². The summed E-state index contributed by atoms with van der Waals surface area (Å²) in [5.41, 5.74) is 1.53. The number of aromatic nitrogens is 3. The zero-order valence-corrected chi connectivity index (χ0v) is 15.0. The van der Waals surface area contributed by atoms with Crippen molar-refractivity contribution in [3.05, 3.63) is 58.4 Å². The maximum atomic E-state index is 13.7. The minimum atomic E-state index is -4.69. The highest BCUT2D eigenvalue weighted by Crippen LogP contribution is 2.59. The average Bonchev–Trinajstić information content (AvgIpc) is 3.10. The summed E-state index contributed by atoms with van der Waals surface area (Å²) in [4.78, 5) is 15.6. The van der Waals surface area contributed by atoms with Gasteiger partial charge in [0.2, 0.25) is 0 Å². The maximum absolute atomic E-state index is 13.7. The van der Waals surface area contributed by atoms with Crippen molar-refractivity contribution in [2.45, 2.75) is 44.3 Å². The van der Waals surface area contributed by atoms with Crippen LogP contribution in [0.2, 0.25) is 0 Å². The lowest BCUT2D eigenvalue weighted by molar-refractivity contribution is -0.137. The Morgan fingerprint density at radius 2 is 2.11 bits per heavy atom. The van der Waals surface area contributed by atoms with E-state index in [1.807, 2.05) is 25.3 Å². The van der Waals surface area contributed by atoms with Crippen LogP contribution >= 0.6 is 0 Å². The SMILES string of the molecule is Cc1ccc(Cn2cc3c(n2)-c2c(oc(C=O)c2C(F)(F)F)CC32CC2)nc1. The molecule has 0 saturated heterocycles. The molecule has 3 aromatic heterocycles. The zero-order chi connectivity index (χ0) is 19.7. The predicted octanol–water partition coefficient (Wildman–Crippen LogP) is 4.31. The number of halogens is 3. The summed E-state index contributed by atoms with van der Waals surface area (Å²) < 4.78 is 48.0. The zero-order valence-electron chi connectivity index (χ0n) is 15.0. The molecule has 0 N–H and O–H groups in total. The molecule has 5 rings (SSSR count). The maximum Gasteiger partial charge on any atom is 0.420 e. The predicted molar refractivity (Wildman–Crippen MR) is 93.0 cm³/mol. The van der Waals surface area contributed by atoms with E-state index in [4.69, 9.17) is 4.42 Å². The Labute approximate surface area is 158 Å². The second kappa shape index (κ2) is 5.56. The fourth-order valence-electron chi connectivity index (χ4n) is 4.07. The number of carbonyl (C=O) groups is 1. The molecule has 3 heterocycles. The molecule has 28 heavy (non-hydrogen) atoms. The molecule has 2 aliphatic rings. The first-order valence-electron chi connectivity index (χ1n) is 8.99. The van der Waals surface area contributed by atoms with Gasteiger partial charge in [-0.2, -0.15) is 18.3 Å². The van der Waals surface area contributed by atoms with Crippen molar-refractivity contribution in [3.63, 3.8) is 0 Å². The first-order chi connectivity index (χ1) is 13.3. The molecule has 0 aliphatic heterocycles. The summed E-state index contributed by atoms with van der Waals surface area (Å²) in [6, 6.07) is 3.80. The Kier molecular flexibility index (Phi) is 3.42. The second-order valence-electron chi connectivity index (χ2n) is 7.63. The molecule has 3 aromatic rings. The highest BCUT2D eigenvalue weighted by atomic mass is 19.4. The number of nitrogens with zero attached hydrogens (tertiary/aromatic N) is 3. The van der Waals surface area contributed by atoms with Gasteiger partial charge in [-0.3, -0.25) is 14.5 Å². The van der Waals surface area contributed by atoms with Crippen LogP contribution in [0, 0.1) is 6.92 Å². The lowest BCUT2D eigenvalue weighted by Gasteiger charge is -2.20. The average molecular weight is 387 g/mol. The van der Waals surface area contributed by atoms with Crippen LogP contribution in [0.25, 0.3) is 11.3 Å². The number of hydrogen-bond acceptors (Lipinski definition) is 4. The molecule has 0 unspecified atom stereocenters. The van der Waals surface area contributed by atoms with Gasteiger partial charge in [-0.15, -0.1) is 0 Å². The molecule has 0 aromatic carbocycles. The molecule has 0 atom stereocenters. The van der Waals surface area contributed by atoms with Crippen molar-refractivity contribution in [1.82, 2.24) is 14.8 Å². The number of fused-ring (bicyclic) bond motifs is 4. The first-order valence-corrected chi connectivity index (χ1v) is 8.99. The van der Waals surface area contributed by atoms with E-state index in [-0.39, 0.29) is 28.7 Å². The van der Waals surface area contributed by atoms with Gasteiger partial charge in [-0.05, 0) is 31.4 Å². The monoisotopic (exact) mass is 387 g/mol. The standard InChI is InChI=1S/C20H16F3N3O2/c1-11-2-3-12(24-7-11)8-26-9-13-18(25-26)16-14(6-19(13)4-5-19)28-15(10-27)17(16)20(21,22)23/h2-3,7,9-10H,4-6,8H2,1H3. The summed E-state index contributed by atoms with van der Waals surface area (Å²) in [6.45, 7) is 2.29. The van der Waals surface area contributed by atoms with Crippen molar-refractivity contribution in [1.29, 1.82) is 0 Å². The summed E-state index contributed by atoms with van der Waals surface area (Å²) in [5.74, 6) is -0.464. The van der Waals surface area contributed by atoms with Crippen molar-refractivity contribution in [2.24, 2.45) is 0 Å². The van der Waals surface area contributed by atoms with Gasteiger partial charge in [0.05, 0.1) is 17.8 Å². The van der Waals surface area contributed by atoms with Gasteiger partial charge in [0.25, 0.3) is 0 Å². The first kappa shape index (κ1) is 17.2. The van der Waals surface area contributed by atoms with Crippen LogP contribution in [-0.4, -0.2) is 21.1 Å². The number of rotatable bonds is 3. The van der Waals surface area contributed by atoms with Gasteiger partial charge < -0.3 is 4.42 Å². The van der Waals surface area contributed by atoms with E-state index in [0.717, 1.165) is 29.7 Å². The number of alkyl halides is 3. The van der Waals surface area contributed by atoms with Crippen LogP contribution in [0.3, 0.4) is 0 Å². The molecule has 1 fully saturated rings. The van der Waals surface area contributed by atoms with Gasteiger partial charge in [-0.1, -0.05) is 6.07 Å². The number of aldehydes is 1. The molecular formula is C20H16F3N3O2. The second-order valence-corrected chi connectivity index (χ2v) is 7.63. The van der Waals surface area contributed by atoms with E-state index in [1.165, 1.54) is 0 Å². The van der Waals surface area contributed by atoms with Crippen LogP contribution in [0.15, 0.2) is 28.9 Å². The van der Waals surface area contributed by atoms with E-state index >= 15 is 0 Å². The summed E-state index contributed by atoms with van der Waals surface area (Å²) in [5, 5.41) is 4.47. The molecule has 0 radical (unpaired) electrons. The Bertz CT molecular complexity index is 1090. The van der Waals surface area contributed by atoms with E-state index in [9.17, 15) is 18.0 Å². The van der Waals surface area contributed by atoms with Crippen molar-refractivity contribution < 1.29 is 22.4 Å². The lowest BCUT2D eigenvalue weighted by atomic mass is 9.82. The molecule has 1 saturated carbocycles. The molecule has 5 nitrogen and oxygen atoms in total. The van der Waals surface area contributed by atoms with Crippen LogP contribution in [0.4, 0.5) is 13.2 Å². The molecule has 144 valence electrons. The highest BCUT2D eigenvalue weighted by Gasteiger charge is 2.54. The molecule has 2 aliphatic carbocycles. The third-order valence-electron chi connectivity index (χ3n) is 5.62. The minimum absolute atomic E-state index is 0.0854. The van der Waals surface area contributed by atoms with Gasteiger partial charge in [-0.25, -0.2) is 0 Å². The summed E-state index contributed by atoms with van der Waals surface area (Å²) in [6.07, 6.45) is 1.10. The van der Waals surface area contributed by atoms with Crippen molar-refractivity contribution >= 4 is 6.29 Å². The third-order valence-corrected chi connectivity index (χ3v) is 5.62. The number of furan rings is 1. The topological polar surface area (TPSA) is 60.9 Å². The van der Waals surface area contributed by atoms with Crippen molar-refractivity contribution in [3.8, 4) is 11.3 Å². The Morgan fingerprint density at radius 3 is 2.71 bits per heavy atom. The Balaban J connectivity index is 1.65. The third kappa shape index (κ3) is 2.51. The molecule has 1 spiro atoms. The fraction of sp³-hybridized carbons (Fsp3) is 0.350. The largest absolute Gasteiger partial charge is 0.457 e. The minimum Gasteiger partial charge on any atom is -0.457 e. The smallest absolute Gasteiger partial charge is 0.420 e. The number of pyridine rings is 1. The Hall–Kier alpha value is -2.90. The molecular weight excluding hydrogens is 371 g/mol. The molecule has 0 bridgehead atoms. The number of carbonyl (C=O) groups excluding carboxylic acids is 1. The quantitative estimate of drug-likeness (QED) is 0.628. The number of hydrogen-bond donors (Lipinski definition) is 0. The van der Waals surface area contributed by atoms with Crippen LogP contribution < -0.4 is 0 Å². The highest BCUT2D eigenvalue weighted by molar-refractivity contribution is 5.84. The summed E-state index contributed by atoms with van der Waals surface area (Å²) in [7, 11) is 0. The lowest BCUT2D eigenvalue weighted by Crippen LogP contribution is -2.17. The van der Waals surface area contributed by atoms with Gasteiger partial charge >= 0.3 is 6.18 Å². The Morgan fingerprint density at radius 1 is 1.32 bits per heavy atom. The molecule has 8 heteroatoms. The van der Waals surface area contributed by atoms with Crippen LogP contribution in [0.5, 0.6) is 0 Å². The van der Waals surface area contributed by atoms with Crippen LogP contribution in [-0.2, 0) is 24.6 Å². The van der Waals surface area contributed by atoms with Gasteiger partial charge in [0.1, 0.15) is 17.0 Å². The van der Waals surface area contributed by atoms with Gasteiger partial charge in [0, 0.05) is 29.8 Å². The fourth-order valence-corrected chi connectivity index (χ4v) is 4.07. The number of aryl methyl sites for hydroxylation is 1. The van der Waals surface area contributed by atoms with Crippen molar-refractivity contribution in [2.75, 3.05) is 0 Å². The normalized spacial score (nSPS) is 16.7.